The summed E-state index contributed by atoms with van der Waals surface area (Å²) in [5, 5.41) is 2.84. The Labute approximate surface area is 115 Å². The SMILES string of the molecule is CCC(CC)NC(=O)CCS(=O)(=O)c1ccccc1. The maximum atomic E-state index is 12.0. The molecule has 0 fully saturated rings. The van der Waals surface area contributed by atoms with Gasteiger partial charge in [0.15, 0.2) is 9.84 Å². The number of amides is 1. The second-order valence-corrected chi connectivity index (χ2v) is 6.57. The highest BCUT2D eigenvalue weighted by Gasteiger charge is 2.17. The second-order valence-electron chi connectivity index (χ2n) is 4.46. The van der Waals surface area contributed by atoms with Crippen LogP contribution < -0.4 is 5.32 Å². The van der Waals surface area contributed by atoms with E-state index in [4.69, 9.17) is 0 Å². The Morgan fingerprint density at radius 1 is 1.16 bits per heavy atom. The van der Waals surface area contributed by atoms with E-state index >= 15 is 0 Å². The Hall–Kier alpha value is -1.36. The molecule has 0 saturated carbocycles. The van der Waals surface area contributed by atoms with Crippen molar-refractivity contribution in [3.63, 3.8) is 0 Å². The van der Waals surface area contributed by atoms with Crippen LogP contribution in [0.15, 0.2) is 35.2 Å². The van der Waals surface area contributed by atoms with E-state index < -0.39 is 9.84 Å². The van der Waals surface area contributed by atoms with E-state index in [1.54, 1.807) is 30.3 Å². The monoisotopic (exact) mass is 283 g/mol. The molecule has 0 aliphatic heterocycles. The summed E-state index contributed by atoms with van der Waals surface area (Å²) < 4.78 is 24.0. The number of hydrogen-bond donors (Lipinski definition) is 1. The van der Waals surface area contributed by atoms with Crippen LogP contribution in [-0.4, -0.2) is 26.1 Å². The molecular formula is C14H21NO3S. The van der Waals surface area contributed by atoms with Gasteiger partial charge in [-0.25, -0.2) is 8.42 Å². The van der Waals surface area contributed by atoms with Crippen molar-refractivity contribution in [1.82, 2.24) is 5.32 Å². The summed E-state index contributed by atoms with van der Waals surface area (Å²) in [5.74, 6) is -0.351. The third kappa shape index (κ3) is 5.03. The van der Waals surface area contributed by atoms with Crippen molar-refractivity contribution in [3.05, 3.63) is 30.3 Å². The number of carbonyl (C=O) groups is 1. The number of nitrogens with one attached hydrogen (secondary N) is 1. The molecule has 1 aromatic carbocycles. The van der Waals surface area contributed by atoms with Gasteiger partial charge in [0.25, 0.3) is 0 Å². The van der Waals surface area contributed by atoms with Crippen molar-refractivity contribution >= 4 is 15.7 Å². The molecule has 19 heavy (non-hydrogen) atoms. The zero-order chi connectivity index (χ0) is 14.3. The topological polar surface area (TPSA) is 63.2 Å². The summed E-state index contributed by atoms with van der Waals surface area (Å²) in [5.41, 5.74) is 0. The lowest BCUT2D eigenvalue weighted by Crippen LogP contribution is -2.34. The van der Waals surface area contributed by atoms with Crippen molar-refractivity contribution in [2.75, 3.05) is 5.75 Å². The van der Waals surface area contributed by atoms with Crippen molar-refractivity contribution in [1.29, 1.82) is 0 Å². The lowest BCUT2D eigenvalue weighted by atomic mass is 10.2. The fourth-order valence-electron chi connectivity index (χ4n) is 1.77. The molecule has 0 heterocycles. The van der Waals surface area contributed by atoms with Crippen molar-refractivity contribution in [3.8, 4) is 0 Å². The van der Waals surface area contributed by atoms with Gasteiger partial charge in [0, 0.05) is 12.5 Å². The van der Waals surface area contributed by atoms with Crippen molar-refractivity contribution in [2.24, 2.45) is 0 Å². The molecule has 5 heteroatoms. The molecule has 0 unspecified atom stereocenters. The molecule has 1 amide bonds. The van der Waals surface area contributed by atoms with Crippen LogP contribution in [0, 0.1) is 0 Å². The number of hydrogen-bond acceptors (Lipinski definition) is 3. The van der Waals surface area contributed by atoms with Crippen molar-refractivity contribution < 1.29 is 13.2 Å². The summed E-state index contributed by atoms with van der Waals surface area (Å²) in [6, 6.07) is 8.35. The summed E-state index contributed by atoms with van der Waals surface area (Å²) >= 11 is 0. The Morgan fingerprint density at radius 3 is 2.26 bits per heavy atom. The van der Waals surface area contributed by atoms with Gasteiger partial charge in [0.05, 0.1) is 10.6 Å². The molecule has 1 rings (SSSR count). The third-order valence-corrected chi connectivity index (χ3v) is 4.78. The van der Waals surface area contributed by atoms with Gasteiger partial charge in [-0.1, -0.05) is 32.0 Å². The fraction of sp³-hybridized carbons (Fsp3) is 0.500. The smallest absolute Gasteiger partial charge is 0.221 e. The first-order chi connectivity index (χ1) is 8.99. The normalized spacial score (nSPS) is 11.5. The standard InChI is InChI=1S/C14H21NO3S/c1-3-12(4-2)15-14(16)10-11-19(17,18)13-8-6-5-7-9-13/h5-9,12H,3-4,10-11H2,1-2H3,(H,15,16). The highest BCUT2D eigenvalue weighted by atomic mass is 32.2. The van der Waals surface area contributed by atoms with Gasteiger partial charge in [0.1, 0.15) is 0 Å². The molecular weight excluding hydrogens is 262 g/mol. The number of benzene rings is 1. The van der Waals surface area contributed by atoms with E-state index in [0.29, 0.717) is 0 Å². The minimum atomic E-state index is -3.37. The maximum Gasteiger partial charge on any atom is 0.221 e. The van der Waals surface area contributed by atoms with Gasteiger partial charge in [-0.2, -0.15) is 0 Å². The molecule has 4 nitrogen and oxygen atoms in total. The Bertz CT molecular complexity index is 493. The Kier molecular flexibility index (Phi) is 6.02. The predicted molar refractivity (Wildman–Crippen MR) is 75.6 cm³/mol. The first-order valence-corrected chi connectivity index (χ1v) is 8.22. The van der Waals surface area contributed by atoms with Gasteiger partial charge in [-0.15, -0.1) is 0 Å². The van der Waals surface area contributed by atoms with Crippen LogP contribution in [0.4, 0.5) is 0 Å². The Morgan fingerprint density at radius 2 is 1.74 bits per heavy atom. The fourth-order valence-corrected chi connectivity index (χ4v) is 3.03. The zero-order valence-electron chi connectivity index (χ0n) is 11.4. The van der Waals surface area contributed by atoms with E-state index in [0.717, 1.165) is 12.8 Å². The number of sulfone groups is 1. The van der Waals surface area contributed by atoms with Gasteiger partial charge < -0.3 is 5.32 Å². The number of rotatable bonds is 7. The molecule has 1 N–H and O–H groups in total. The molecule has 0 bridgehead atoms. The minimum absolute atomic E-state index is 0.00767. The van der Waals surface area contributed by atoms with Crippen LogP contribution in [-0.2, 0) is 14.6 Å². The average Bonchev–Trinajstić information content (AvgIpc) is 2.43. The van der Waals surface area contributed by atoms with E-state index in [1.807, 2.05) is 13.8 Å². The first-order valence-electron chi connectivity index (χ1n) is 6.56. The second kappa shape index (κ2) is 7.28. The molecule has 0 aliphatic carbocycles. The van der Waals surface area contributed by atoms with Gasteiger partial charge in [-0.3, -0.25) is 4.79 Å². The van der Waals surface area contributed by atoms with E-state index in [9.17, 15) is 13.2 Å². The minimum Gasteiger partial charge on any atom is -0.353 e. The lowest BCUT2D eigenvalue weighted by Gasteiger charge is -2.14. The lowest BCUT2D eigenvalue weighted by molar-refractivity contribution is -0.121. The molecule has 0 aliphatic rings. The highest BCUT2D eigenvalue weighted by molar-refractivity contribution is 7.91. The van der Waals surface area contributed by atoms with Gasteiger partial charge in [0.2, 0.25) is 5.91 Å². The maximum absolute atomic E-state index is 12.0. The van der Waals surface area contributed by atoms with Crippen LogP contribution in [0.3, 0.4) is 0 Å². The van der Waals surface area contributed by atoms with Crippen LogP contribution >= 0.6 is 0 Å². The predicted octanol–water partition coefficient (Wildman–Crippen LogP) is 2.16. The largest absolute Gasteiger partial charge is 0.353 e. The van der Waals surface area contributed by atoms with Crippen LogP contribution in [0.5, 0.6) is 0 Å². The summed E-state index contributed by atoms with van der Waals surface area (Å²) in [6.45, 7) is 3.99. The van der Waals surface area contributed by atoms with Gasteiger partial charge in [-0.05, 0) is 25.0 Å². The van der Waals surface area contributed by atoms with Gasteiger partial charge >= 0.3 is 0 Å². The molecule has 0 atom stereocenters. The summed E-state index contributed by atoms with van der Waals surface area (Å²) in [7, 11) is -3.37. The average molecular weight is 283 g/mol. The summed E-state index contributed by atoms with van der Waals surface area (Å²) in [6.07, 6.45) is 1.72. The first kappa shape index (κ1) is 15.7. The van der Waals surface area contributed by atoms with Crippen LogP contribution in [0.25, 0.3) is 0 Å². The van der Waals surface area contributed by atoms with E-state index in [2.05, 4.69) is 5.32 Å². The quantitative estimate of drug-likeness (QED) is 0.834. The molecule has 106 valence electrons. The summed E-state index contributed by atoms with van der Waals surface area (Å²) in [4.78, 5) is 11.9. The van der Waals surface area contributed by atoms with Crippen LogP contribution in [0.1, 0.15) is 33.1 Å². The molecule has 0 radical (unpaired) electrons. The highest BCUT2D eigenvalue weighted by Crippen LogP contribution is 2.11. The number of carbonyl (C=O) groups excluding carboxylic acids is 1. The zero-order valence-corrected chi connectivity index (χ0v) is 12.2. The van der Waals surface area contributed by atoms with Crippen molar-refractivity contribution in [2.45, 2.75) is 44.0 Å². The molecule has 0 spiro atoms. The van der Waals surface area contributed by atoms with E-state index in [1.165, 1.54) is 0 Å². The van der Waals surface area contributed by atoms with Crippen LogP contribution in [0.2, 0.25) is 0 Å². The third-order valence-electron chi connectivity index (χ3n) is 3.05. The molecule has 1 aromatic rings. The molecule has 0 aromatic heterocycles. The molecule has 0 saturated heterocycles. The Balaban J connectivity index is 2.55. The van der Waals surface area contributed by atoms with E-state index in [-0.39, 0.29) is 29.0 Å².